The Hall–Kier alpha value is -0.280. The van der Waals surface area contributed by atoms with Crippen LogP contribution >= 0.6 is 11.6 Å². The number of halogens is 1. The second-order valence-corrected chi connectivity index (χ2v) is 5.86. The van der Waals surface area contributed by atoms with Gasteiger partial charge in [-0.2, -0.15) is 0 Å². The highest BCUT2D eigenvalue weighted by Crippen LogP contribution is 2.18. The van der Waals surface area contributed by atoms with Gasteiger partial charge >= 0.3 is 0 Å². The highest BCUT2D eigenvalue weighted by Gasteiger charge is 2.24. The van der Waals surface area contributed by atoms with Crippen LogP contribution in [0.5, 0.6) is 0 Å². The topological polar surface area (TPSA) is 23.6 Å². The van der Waals surface area contributed by atoms with Crippen LogP contribution in [0.3, 0.4) is 0 Å². The van der Waals surface area contributed by atoms with Crippen molar-refractivity contribution in [2.24, 2.45) is 5.92 Å². The zero-order chi connectivity index (χ0) is 14.1. The van der Waals surface area contributed by atoms with Crippen molar-refractivity contribution in [3.63, 3.8) is 0 Å². The highest BCUT2D eigenvalue weighted by molar-refractivity contribution is 6.18. The quantitative estimate of drug-likeness (QED) is 0.673. The van der Waals surface area contributed by atoms with Crippen molar-refractivity contribution >= 4 is 17.5 Å². The molecule has 4 heteroatoms. The number of hydrogen-bond donors (Lipinski definition) is 0. The lowest BCUT2D eigenvalue weighted by molar-refractivity contribution is -0.135. The summed E-state index contributed by atoms with van der Waals surface area (Å²) in [5, 5.41) is 0. The van der Waals surface area contributed by atoms with E-state index in [4.69, 9.17) is 11.6 Å². The molecule has 3 nitrogen and oxygen atoms in total. The van der Waals surface area contributed by atoms with E-state index in [1.165, 1.54) is 0 Å². The van der Waals surface area contributed by atoms with E-state index >= 15 is 0 Å². The standard InChI is InChI=1S/C15H29ClN2O/c1-3-6-14(7-4-2)15(19)18-10-5-9-17(11-8-16)12-13-18/h14H,3-13H2,1-2H3. The molecular weight excluding hydrogens is 260 g/mol. The molecule has 0 aromatic heterocycles. The fourth-order valence-electron chi connectivity index (χ4n) is 2.88. The molecule has 1 heterocycles. The van der Waals surface area contributed by atoms with Gasteiger partial charge in [0.25, 0.3) is 0 Å². The Bertz CT molecular complexity index is 255. The van der Waals surface area contributed by atoms with Crippen molar-refractivity contribution in [1.29, 1.82) is 0 Å². The molecule has 1 saturated heterocycles. The zero-order valence-corrected chi connectivity index (χ0v) is 13.3. The van der Waals surface area contributed by atoms with E-state index in [1.807, 2.05) is 0 Å². The van der Waals surface area contributed by atoms with Crippen LogP contribution in [0.25, 0.3) is 0 Å². The van der Waals surface area contributed by atoms with Gasteiger partial charge in [0.1, 0.15) is 0 Å². The van der Waals surface area contributed by atoms with Crippen LogP contribution in [-0.4, -0.2) is 54.3 Å². The molecule has 0 aromatic carbocycles. The third kappa shape index (κ3) is 5.70. The summed E-state index contributed by atoms with van der Waals surface area (Å²) in [5.41, 5.74) is 0. The summed E-state index contributed by atoms with van der Waals surface area (Å²) >= 11 is 5.80. The van der Waals surface area contributed by atoms with Gasteiger partial charge in [0.15, 0.2) is 0 Å². The van der Waals surface area contributed by atoms with Gasteiger partial charge in [0, 0.05) is 38.0 Å². The first-order valence-corrected chi connectivity index (χ1v) is 8.33. The van der Waals surface area contributed by atoms with Crippen molar-refractivity contribution in [2.75, 3.05) is 38.6 Å². The molecule has 1 aliphatic heterocycles. The second-order valence-electron chi connectivity index (χ2n) is 5.48. The predicted molar refractivity (Wildman–Crippen MR) is 81.7 cm³/mol. The lowest BCUT2D eigenvalue weighted by Crippen LogP contribution is -2.39. The first kappa shape index (κ1) is 16.8. The Balaban J connectivity index is 2.50. The van der Waals surface area contributed by atoms with Crippen molar-refractivity contribution in [3.8, 4) is 0 Å². The summed E-state index contributed by atoms with van der Waals surface area (Å²) in [6, 6.07) is 0. The molecule has 0 N–H and O–H groups in total. The van der Waals surface area contributed by atoms with Crippen LogP contribution in [0.4, 0.5) is 0 Å². The molecule has 1 amide bonds. The highest BCUT2D eigenvalue weighted by atomic mass is 35.5. The van der Waals surface area contributed by atoms with Gasteiger partial charge in [0.2, 0.25) is 5.91 Å². The number of hydrogen-bond acceptors (Lipinski definition) is 2. The Morgan fingerprint density at radius 1 is 1.11 bits per heavy atom. The molecule has 112 valence electrons. The summed E-state index contributed by atoms with van der Waals surface area (Å²) in [7, 11) is 0. The molecule has 1 aliphatic rings. The maximum Gasteiger partial charge on any atom is 0.225 e. The minimum absolute atomic E-state index is 0.245. The number of carbonyl (C=O) groups excluding carboxylic acids is 1. The third-order valence-electron chi connectivity index (χ3n) is 3.92. The molecule has 0 spiro atoms. The van der Waals surface area contributed by atoms with Crippen LogP contribution in [-0.2, 0) is 4.79 Å². The van der Waals surface area contributed by atoms with Gasteiger partial charge in [-0.25, -0.2) is 0 Å². The van der Waals surface area contributed by atoms with E-state index < -0.39 is 0 Å². The van der Waals surface area contributed by atoms with Crippen LogP contribution in [0.2, 0.25) is 0 Å². The molecule has 0 aliphatic carbocycles. The Kier molecular flexibility index (Phi) is 8.47. The number of carbonyl (C=O) groups is 1. The molecule has 0 bridgehead atoms. The molecule has 1 fully saturated rings. The lowest BCUT2D eigenvalue weighted by Gasteiger charge is -2.26. The fraction of sp³-hybridized carbons (Fsp3) is 0.933. The van der Waals surface area contributed by atoms with E-state index in [1.54, 1.807) is 0 Å². The first-order valence-electron chi connectivity index (χ1n) is 7.80. The summed E-state index contributed by atoms with van der Waals surface area (Å²) in [4.78, 5) is 17.0. The maximum absolute atomic E-state index is 12.6. The van der Waals surface area contributed by atoms with E-state index in [-0.39, 0.29) is 5.92 Å². The van der Waals surface area contributed by atoms with Gasteiger partial charge in [-0.05, 0) is 25.8 Å². The smallest absolute Gasteiger partial charge is 0.225 e. The second kappa shape index (κ2) is 9.60. The van der Waals surface area contributed by atoms with Crippen molar-refractivity contribution in [2.45, 2.75) is 46.0 Å². The van der Waals surface area contributed by atoms with Crippen LogP contribution < -0.4 is 0 Å². The first-order chi connectivity index (χ1) is 9.22. The largest absolute Gasteiger partial charge is 0.341 e. The van der Waals surface area contributed by atoms with Gasteiger partial charge in [-0.1, -0.05) is 26.7 Å². The van der Waals surface area contributed by atoms with E-state index in [9.17, 15) is 4.79 Å². The van der Waals surface area contributed by atoms with Gasteiger partial charge in [-0.3, -0.25) is 4.79 Å². The maximum atomic E-state index is 12.6. The molecule has 0 radical (unpaired) electrons. The predicted octanol–water partition coefficient (Wildman–Crippen LogP) is 2.98. The van der Waals surface area contributed by atoms with Gasteiger partial charge < -0.3 is 9.80 Å². The Morgan fingerprint density at radius 2 is 1.79 bits per heavy atom. The van der Waals surface area contributed by atoms with E-state index in [0.717, 1.165) is 64.8 Å². The van der Waals surface area contributed by atoms with Gasteiger partial charge in [0.05, 0.1) is 0 Å². The average Bonchev–Trinajstić information content (AvgIpc) is 2.64. The summed E-state index contributed by atoms with van der Waals surface area (Å²) in [6.07, 6.45) is 5.35. The molecule has 0 aromatic rings. The third-order valence-corrected chi connectivity index (χ3v) is 4.09. The SMILES string of the molecule is CCCC(CCC)C(=O)N1CCCN(CCCl)CC1. The number of alkyl halides is 1. The fourth-order valence-corrected chi connectivity index (χ4v) is 3.12. The number of nitrogens with zero attached hydrogens (tertiary/aromatic N) is 2. The van der Waals surface area contributed by atoms with Crippen LogP contribution in [0, 0.1) is 5.92 Å². The van der Waals surface area contributed by atoms with Crippen molar-refractivity contribution in [3.05, 3.63) is 0 Å². The molecule has 19 heavy (non-hydrogen) atoms. The molecular formula is C15H29ClN2O. The monoisotopic (exact) mass is 288 g/mol. The minimum Gasteiger partial charge on any atom is -0.341 e. The normalized spacial score (nSPS) is 17.8. The Morgan fingerprint density at radius 3 is 2.37 bits per heavy atom. The minimum atomic E-state index is 0.245. The van der Waals surface area contributed by atoms with Crippen LogP contribution in [0.1, 0.15) is 46.0 Å². The Labute approximate surface area is 123 Å². The molecule has 0 saturated carbocycles. The van der Waals surface area contributed by atoms with Gasteiger partial charge in [-0.15, -0.1) is 11.6 Å². The van der Waals surface area contributed by atoms with Crippen LogP contribution in [0.15, 0.2) is 0 Å². The number of rotatable bonds is 7. The van der Waals surface area contributed by atoms with Crippen molar-refractivity contribution < 1.29 is 4.79 Å². The molecule has 0 atom stereocenters. The average molecular weight is 289 g/mol. The van der Waals surface area contributed by atoms with E-state index in [0.29, 0.717) is 11.8 Å². The summed E-state index contributed by atoms with van der Waals surface area (Å²) in [5.74, 6) is 1.31. The van der Waals surface area contributed by atoms with Crippen molar-refractivity contribution in [1.82, 2.24) is 9.80 Å². The number of amides is 1. The zero-order valence-electron chi connectivity index (χ0n) is 12.5. The summed E-state index contributed by atoms with van der Waals surface area (Å²) in [6.45, 7) is 9.12. The molecule has 1 rings (SSSR count). The summed E-state index contributed by atoms with van der Waals surface area (Å²) < 4.78 is 0. The lowest BCUT2D eigenvalue weighted by atomic mass is 9.96. The van der Waals surface area contributed by atoms with E-state index in [2.05, 4.69) is 23.6 Å². The molecule has 0 unspecified atom stereocenters.